The van der Waals surface area contributed by atoms with Gasteiger partial charge in [-0.15, -0.1) is 0 Å². The maximum absolute atomic E-state index is 10.1. The number of pyridine rings is 1. The van der Waals surface area contributed by atoms with Crippen LogP contribution in [-0.4, -0.2) is 46.2 Å². The molecule has 0 unspecified atom stereocenters. The van der Waals surface area contributed by atoms with Gasteiger partial charge in [0.25, 0.3) is 0 Å². The number of hydrogen-bond donors (Lipinski definition) is 2. The molecule has 0 atom stereocenters. The highest BCUT2D eigenvalue weighted by Gasteiger charge is 2.22. The lowest BCUT2D eigenvalue weighted by atomic mass is 10.1. The molecule has 1 aliphatic heterocycles. The van der Waals surface area contributed by atoms with Crippen LogP contribution in [0.25, 0.3) is 20.4 Å². The lowest BCUT2D eigenvalue weighted by Crippen LogP contribution is -2.41. The zero-order valence-electron chi connectivity index (χ0n) is 13.6. The standard InChI is InChI=1S/C16H19N5OS2/c1-9-7-11(22)12(18-8-9)13-19-14-15(23-13)20-16(24-14)21(2)10-3-5-17-6-4-10/h7-8,10,17,22H,3-6H2,1-2H3. The van der Waals surface area contributed by atoms with E-state index < -0.39 is 0 Å². The van der Waals surface area contributed by atoms with Crippen LogP contribution in [0.2, 0.25) is 0 Å². The van der Waals surface area contributed by atoms with E-state index in [0.717, 1.165) is 51.3 Å². The van der Waals surface area contributed by atoms with Crippen molar-refractivity contribution in [3.63, 3.8) is 0 Å². The first-order valence-electron chi connectivity index (χ1n) is 7.98. The predicted molar refractivity (Wildman–Crippen MR) is 99.2 cm³/mol. The van der Waals surface area contributed by atoms with Gasteiger partial charge in [0.1, 0.15) is 16.5 Å². The minimum atomic E-state index is 0.170. The number of anilines is 1. The zero-order chi connectivity index (χ0) is 16.7. The summed E-state index contributed by atoms with van der Waals surface area (Å²) in [6.07, 6.45) is 4.03. The van der Waals surface area contributed by atoms with E-state index in [4.69, 9.17) is 4.98 Å². The van der Waals surface area contributed by atoms with Crippen LogP contribution in [0, 0.1) is 6.92 Å². The zero-order valence-corrected chi connectivity index (χ0v) is 15.2. The Kier molecular flexibility index (Phi) is 4.11. The second kappa shape index (κ2) is 6.27. The fourth-order valence-electron chi connectivity index (χ4n) is 2.95. The molecule has 0 amide bonds. The van der Waals surface area contributed by atoms with Crippen molar-refractivity contribution in [3.05, 3.63) is 17.8 Å². The summed E-state index contributed by atoms with van der Waals surface area (Å²) in [4.78, 5) is 17.8. The summed E-state index contributed by atoms with van der Waals surface area (Å²) >= 11 is 3.09. The summed E-state index contributed by atoms with van der Waals surface area (Å²) in [5.74, 6) is 0.170. The summed E-state index contributed by atoms with van der Waals surface area (Å²) in [5, 5.41) is 15.2. The summed E-state index contributed by atoms with van der Waals surface area (Å²) in [6.45, 7) is 4.03. The third kappa shape index (κ3) is 2.85. The second-order valence-electron chi connectivity index (χ2n) is 6.10. The number of nitrogens with zero attached hydrogens (tertiary/aromatic N) is 4. The van der Waals surface area contributed by atoms with Gasteiger partial charge in [0.05, 0.1) is 0 Å². The molecule has 126 valence electrons. The van der Waals surface area contributed by atoms with E-state index in [2.05, 4.69) is 27.2 Å². The minimum absolute atomic E-state index is 0.170. The van der Waals surface area contributed by atoms with Crippen LogP contribution in [0.5, 0.6) is 5.75 Å². The van der Waals surface area contributed by atoms with Crippen molar-refractivity contribution in [2.75, 3.05) is 25.0 Å². The van der Waals surface area contributed by atoms with Crippen LogP contribution in [0.3, 0.4) is 0 Å². The molecule has 4 rings (SSSR count). The first-order valence-corrected chi connectivity index (χ1v) is 9.62. The number of piperidine rings is 1. The molecule has 24 heavy (non-hydrogen) atoms. The lowest BCUT2D eigenvalue weighted by Gasteiger charge is -2.31. The van der Waals surface area contributed by atoms with Crippen molar-refractivity contribution >= 4 is 37.5 Å². The monoisotopic (exact) mass is 361 g/mol. The Bertz CT molecular complexity index is 837. The lowest BCUT2D eigenvalue weighted by molar-refractivity contribution is 0.443. The molecule has 1 fully saturated rings. The Morgan fingerprint density at radius 1 is 1.21 bits per heavy atom. The first-order chi connectivity index (χ1) is 11.6. The summed E-state index contributed by atoms with van der Waals surface area (Å²) in [5.41, 5.74) is 1.46. The Labute approximate surface area is 148 Å². The number of rotatable bonds is 3. The van der Waals surface area contributed by atoms with Crippen LogP contribution < -0.4 is 10.2 Å². The largest absolute Gasteiger partial charge is 0.506 e. The van der Waals surface area contributed by atoms with Gasteiger partial charge in [-0.1, -0.05) is 22.7 Å². The van der Waals surface area contributed by atoms with E-state index in [1.807, 2.05) is 6.92 Å². The number of thiazole rings is 2. The number of aromatic hydroxyl groups is 1. The fourth-order valence-corrected chi connectivity index (χ4v) is 5.03. The highest BCUT2D eigenvalue weighted by molar-refractivity contribution is 7.29. The second-order valence-corrected chi connectivity index (χ2v) is 8.03. The van der Waals surface area contributed by atoms with Gasteiger partial charge in [-0.05, 0) is 44.5 Å². The van der Waals surface area contributed by atoms with Gasteiger partial charge in [0, 0.05) is 19.3 Å². The van der Waals surface area contributed by atoms with Crippen LogP contribution in [0.1, 0.15) is 18.4 Å². The van der Waals surface area contributed by atoms with Crippen molar-refractivity contribution in [1.29, 1.82) is 0 Å². The minimum Gasteiger partial charge on any atom is -0.506 e. The molecule has 8 heteroatoms. The number of hydrogen-bond acceptors (Lipinski definition) is 8. The smallest absolute Gasteiger partial charge is 0.188 e. The molecule has 0 spiro atoms. The number of nitrogens with one attached hydrogen (secondary N) is 1. The molecule has 0 aromatic carbocycles. The molecule has 0 bridgehead atoms. The highest BCUT2D eigenvalue weighted by atomic mass is 32.1. The maximum Gasteiger partial charge on any atom is 0.188 e. The third-order valence-electron chi connectivity index (χ3n) is 4.33. The molecule has 0 radical (unpaired) electrons. The quantitative estimate of drug-likeness (QED) is 0.747. The first kappa shape index (κ1) is 15.7. The molecular weight excluding hydrogens is 342 g/mol. The average Bonchev–Trinajstić information content (AvgIpc) is 3.14. The van der Waals surface area contributed by atoms with Crippen molar-refractivity contribution in [3.8, 4) is 16.5 Å². The Morgan fingerprint density at radius 2 is 1.96 bits per heavy atom. The Morgan fingerprint density at radius 3 is 2.67 bits per heavy atom. The van der Waals surface area contributed by atoms with Gasteiger partial charge in [0.2, 0.25) is 0 Å². The van der Waals surface area contributed by atoms with E-state index in [9.17, 15) is 5.11 Å². The molecule has 3 aromatic rings. The molecule has 0 aliphatic carbocycles. The van der Waals surface area contributed by atoms with Crippen LogP contribution in [0.15, 0.2) is 12.3 Å². The maximum atomic E-state index is 10.1. The average molecular weight is 361 g/mol. The molecule has 0 saturated carbocycles. The normalized spacial score (nSPS) is 15.9. The third-order valence-corrected chi connectivity index (χ3v) is 6.45. The number of aromatic nitrogens is 3. The molecule has 1 saturated heterocycles. The van der Waals surface area contributed by atoms with E-state index in [-0.39, 0.29) is 5.75 Å². The SMILES string of the molecule is Cc1cnc(-c2nc3sc(N(C)C4CCNCC4)nc3s2)c(O)c1. The van der Waals surface area contributed by atoms with E-state index in [1.165, 1.54) is 11.3 Å². The summed E-state index contributed by atoms with van der Waals surface area (Å²) < 4.78 is 0. The molecule has 6 nitrogen and oxygen atoms in total. The van der Waals surface area contributed by atoms with Crippen molar-refractivity contribution in [1.82, 2.24) is 20.3 Å². The Hall–Kier alpha value is -1.77. The molecule has 3 aromatic heterocycles. The summed E-state index contributed by atoms with van der Waals surface area (Å²) in [6, 6.07) is 2.25. The number of aryl methyl sites for hydroxylation is 1. The van der Waals surface area contributed by atoms with Crippen molar-refractivity contribution in [2.45, 2.75) is 25.8 Å². The van der Waals surface area contributed by atoms with Crippen LogP contribution in [-0.2, 0) is 0 Å². The Balaban J connectivity index is 1.62. The molecule has 2 N–H and O–H groups in total. The predicted octanol–water partition coefficient (Wildman–Crippen LogP) is 3.02. The molecular formula is C16H19N5OS2. The fraction of sp³-hybridized carbons (Fsp3) is 0.438. The van der Waals surface area contributed by atoms with Gasteiger partial charge in [-0.25, -0.2) is 15.0 Å². The van der Waals surface area contributed by atoms with E-state index >= 15 is 0 Å². The topological polar surface area (TPSA) is 74.2 Å². The van der Waals surface area contributed by atoms with Gasteiger partial charge in [0.15, 0.2) is 14.8 Å². The highest BCUT2D eigenvalue weighted by Crippen LogP contribution is 2.38. The van der Waals surface area contributed by atoms with Crippen molar-refractivity contribution in [2.24, 2.45) is 0 Å². The molecule has 1 aliphatic rings. The van der Waals surface area contributed by atoms with E-state index in [1.54, 1.807) is 23.6 Å². The van der Waals surface area contributed by atoms with Gasteiger partial charge in [-0.2, -0.15) is 0 Å². The van der Waals surface area contributed by atoms with Crippen LogP contribution >= 0.6 is 22.7 Å². The van der Waals surface area contributed by atoms with Crippen LogP contribution in [0.4, 0.5) is 5.13 Å². The van der Waals surface area contributed by atoms with Gasteiger partial charge >= 0.3 is 0 Å². The van der Waals surface area contributed by atoms with Gasteiger partial charge < -0.3 is 15.3 Å². The van der Waals surface area contributed by atoms with Gasteiger partial charge in [-0.3, -0.25) is 0 Å². The molecule has 4 heterocycles. The van der Waals surface area contributed by atoms with E-state index in [0.29, 0.717) is 11.7 Å². The summed E-state index contributed by atoms with van der Waals surface area (Å²) in [7, 11) is 2.12. The van der Waals surface area contributed by atoms with Crippen molar-refractivity contribution < 1.29 is 5.11 Å². The number of fused-ring (bicyclic) bond motifs is 1.